The van der Waals surface area contributed by atoms with Crippen LogP contribution in [0.2, 0.25) is 5.02 Å². The number of nitrogens with zero attached hydrogens (tertiary/aromatic N) is 1. The average molecular weight is 431 g/mol. The third-order valence-corrected chi connectivity index (χ3v) is 6.46. The number of rotatable bonds is 6. The summed E-state index contributed by atoms with van der Waals surface area (Å²) in [6.45, 7) is 0. The number of carbonyl (C=O) groups is 1. The fourth-order valence-electron chi connectivity index (χ4n) is 2.62. The molecule has 0 bridgehead atoms. The molecule has 0 saturated heterocycles. The monoisotopic (exact) mass is 430 g/mol. The number of hydrogen-bond donors (Lipinski definition) is 1. The molecule has 0 fully saturated rings. The molecule has 0 saturated carbocycles. The Morgan fingerprint density at radius 3 is 2.17 bits per heavy atom. The minimum Gasteiger partial charge on any atom is -0.497 e. The van der Waals surface area contributed by atoms with Gasteiger partial charge >= 0.3 is 0 Å². The van der Waals surface area contributed by atoms with Gasteiger partial charge in [-0.25, -0.2) is 8.42 Å². The summed E-state index contributed by atoms with van der Waals surface area (Å²) < 4.78 is 31.9. The van der Waals surface area contributed by atoms with Crippen LogP contribution in [0, 0.1) is 0 Å². The fraction of sp³-hybridized carbons (Fsp3) is 0.0952. The molecule has 3 rings (SSSR count). The Morgan fingerprint density at radius 2 is 1.59 bits per heavy atom. The van der Waals surface area contributed by atoms with Gasteiger partial charge in [0.25, 0.3) is 15.9 Å². The number of methoxy groups -OCH3 is 1. The molecule has 0 heterocycles. The maximum atomic E-state index is 12.8. The van der Waals surface area contributed by atoms with Gasteiger partial charge in [0.1, 0.15) is 5.75 Å². The van der Waals surface area contributed by atoms with E-state index in [2.05, 4.69) is 5.32 Å². The number of carbonyl (C=O) groups excluding carboxylic acids is 1. The number of nitrogens with one attached hydrogen (secondary N) is 1. The van der Waals surface area contributed by atoms with Crippen molar-refractivity contribution in [2.24, 2.45) is 0 Å². The minimum atomic E-state index is -3.74. The lowest BCUT2D eigenvalue weighted by Crippen LogP contribution is -2.26. The lowest BCUT2D eigenvalue weighted by atomic mass is 10.2. The van der Waals surface area contributed by atoms with Crippen molar-refractivity contribution in [1.82, 2.24) is 0 Å². The van der Waals surface area contributed by atoms with E-state index in [1.54, 1.807) is 60.7 Å². The topological polar surface area (TPSA) is 75.7 Å². The third-order valence-electron chi connectivity index (χ3n) is 4.33. The van der Waals surface area contributed by atoms with E-state index >= 15 is 0 Å². The van der Waals surface area contributed by atoms with Crippen LogP contribution in [0.4, 0.5) is 11.4 Å². The predicted molar refractivity (Wildman–Crippen MR) is 114 cm³/mol. The standard InChI is InChI=1S/C21H19ClN2O4S/c1-24(29(26,27)18-13-11-17(28-2)12-14-18)16-9-7-15(8-10-16)21(25)23-20-6-4-3-5-19(20)22/h3-14H,1-2H3,(H,23,25). The maximum absolute atomic E-state index is 12.8. The van der Waals surface area contributed by atoms with Crippen LogP contribution in [0.25, 0.3) is 0 Å². The van der Waals surface area contributed by atoms with Crippen molar-refractivity contribution in [3.63, 3.8) is 0 Å². The molecule has 0 spiro atoms. The van der Waals surface area contributed by atoms with Crippen molar-refractivity contribution >= 4 is 38.9 Å². The molecule has 0 radical (unpaired) electrons. The molecule has 0 aromatic heterocycles. The second kappa shape index (κ2) is 8.55. The SMILES string of the molecule is COc1ccc(S(=O)(=O)N(C)c2ccc(C(=O)Nc3ccccc3Cl)cc2)cc1. The second-order valence-corrected chi connectivity index (χ2v) is 8.51. The Bertz CT molecular complexity index is 1110. The van der Waals surface area contributed by atoms with E-state index in [0.29, 0.717) is 27.7 Å². The lowest BCUT2D eigenvalue weighted by molar-refractivity contribution is 0.102. The van der Waals surface area contributed by atoms with Crippen LogP contribution in [0.5, 0.6) is 5.75 Å². The smallest absolute Gasteiger partial charge is 0.264 e. The van der Waals surface area contributed by atoms with E-state index in [1.165, 1.54) is 26.3 Å². The molecule has 1 amide bonds. The van der Waals surface area contributed by atoms with Crippen LogP contribution in [0.3, 0.4) is 0 Å². The van der Waals surface area contributed by atoms with Crippen LogP contribution in [0.1, 0.15) is 10.4 Å². The van der Waals surface area contributed by atoms with E-state index in [1.807, 2.05) is 0 Å². The molecule has 3 aromatic carbocycles. The van der Waals surface area contributed by atoms with E-state index < -0.39 is 10.0 Å². The number of sulfonamides is 1. The van der Waals surface area contributed by atoms with E-state index in [0.717, 1.165) is 4.31 Å². The zero-order valence-corrected chi connectivity index (χ0v) is 17.4. The van der Waals surface area contributed by atoms with Gasteiger partial charge in [-0.05, 0) is 60.7 Å². The summed E-state index contributed by atoms with van der Waals surface area (Å²) in [5.41, 5.74) is 1.31. The average Bonchev–Trinajstić information content (AvgIpc) is 2.75. The molecule has 6 nitrogen and oxygen atoms in total. The van der Waals surface area contributed by atoms with Gasteiger partial charge in [-0.2, -0.15) is 0 Å². The second-order valence-electron chi connectivity index (χ2n) is 6.13. The molecule has 0 unspecified atom stereocenters. The maximum Gasteiger partial charge on any atom is 0.264 e. The van der Waals surface area contributed by atoms with Gasteiger partial charge in [-0.1, -0.05) is 23.7 Å². The number of halogens is 1. The first kappa shape index (κ1) is 20.7. The molecule has 8 heteroatoms. The summed E-state index contributed by atoms with van der Waals surface area (Å²) in [5.74, 6) is 0.228. The van der Waals surface area contributed by atoms with Crippen LogP contribution >= 0.6 is 11.6 Å². The first-order valence-electron chi connectivity index (χ1n) is 8.62. The zero-order chi connectivity index (χ0) is 21.0. The quantitative estimate of drug-likeness (QED) is 0.627. The van der Waals surface area contributed by atoms with Crippen molar-refractivity contribution in [2.45, 2.75) is 4.90 Å². The number of ether oxygens (including phenoxy) is 1. The number of hydrogen-bond acceptors (Lipinski definition) is 4. The molecule has 29 heavy (non-hydrogen) atoms. The van der Waals surface area contributed by atoms with Crippen LogP contribution in [0.15, 0.2) is 77.7 Å². The predicted octanol–water partition coefficient (Wildman–Crippen LogP) is 4.43. The molecule has 0 atom stereocenters. The molecule has 0 aliphatic heterocycles. The van der Waals surface area contributed by atoms with Gasteiger partial charge < -0.3 is 10.1 Å². The van der Waals surface area contributed by atoms with Crippen molar-refractivity contribution in [2.75, 3.05) is 23.8 Å². The lowest BCUT2D eigenvalue weighted by Gasteiger charge is -2.20. The summed E-state index contributed by atoms with van der Waals surface area (Å²) in [4.78, 5) is 12.6. The molecule has 0 aliphatic rings. The highest BCUT2D eigenvalue weighted by Crippen LogP contribution is 2.25. The number of anilines is 2. The largest absolute Gasteiger partial charge is 0.497 e. The molecule has 0 aliphatic carbocycles. The Hall–Kier alpha value is -3.03. The van der Waals surface area contributed by atoms with Gasteiger partial charge in [-0.15, -0.1) is 0 Å². The van der Waals surface area contributed by atoms with E-state index in [-0.39, 0.29) is 10.8 Å². The van der Waals surface area contributed by atoms with Crippen LogP contribution in [-0.4, -0.2) is 28.5 Å². The minimum absolute atomic E-state index is 0.140. The summed E-state index contributed by atoms with van der Waals surface area (Å²) in [5, 5.41) is 3.16. The fourth-order valence-corrected chi connectivity index (χ4v) is 4.00. The van der Waals surface area contributed by atoms with Gasteiger partial charge in [0.2, 0.25) is 0 Å². The van der Waals surface area contributed by atoms with Crippen LogP contribution < -0.4 is 14.4 Å². The van der Waals surface area contributed by atoms with Crippen molar-refractivity contribution < 1.29 is 17.9 Å². The highest BCUT2D eigenvalue weighted by molar-refractivity contribution is 7.92. The number of para-hydroxylation sites is 1. The third kappa shape index (κ3) is 4.52. The van der Waals surface area contributed by atoms with Gasteiger partial charge in [0.05, 0.1) is 28.4 Å². The molecule has 3 aromatic rings. The molecule has 150 valence electrons. The van der Waals surface area contributed by atoms with Crippen molar-refractivity contribution in [3.8, 4) is 5.75 Å². The molecule has 1 N–H and O–H groups in total. The Labute approximate surface area is 174 Å². The number of amides is 1. The Morgan fingerprint density at radius 1 is 0.966 bits per heavy atom. The Kier molecular flexibility index (Phi) is 6.10. The van der Waals surface area contributed by atoms with E-state index in [4.69, 9.17) is 16.3 Å². The highest BCUT2D eigenvalue weighted by atomic mass is 35.5. The summed E-state index contributed by atoms with van der Waals surface area (Å²) >= 11 is 6.05. The van der Waals surface area contributed by atoms with E-state index in [9.17, 15) is 13.2 Å². The molecular formula is C21H19ClN2O4S. The normalized spacial score (nSPS) is 11.0. The first-order valence-corrected chi connectivity index (χ1v) is 10.4. The summed E-state index contributed by atoms with van der Waals surface area (Å²) in [6.07, 6.45) is 0. The van der Waals surface area contributed by atoms with Crippen LogP contribution in [-0.2, 0) is 10.0 Å². The molecular weight excluding hydrogens is 412 g/mol. The van der Waals surface area contributed by atoms with Gasteiger partial charge in [-0.3, -0.25) is 9.10 Å². The zero-order valence-electron chi connectivity index (χ0n) is 15.8. The van der Waals surface area contributed by atoms with Gasteiger partial charge in [0, 0.05) is 12.6 Å². The van der Waals surface area contributed by atoms with Crippen molar-refractivity contribution in [1.29, 1.82) is 0 Å². The highest BCUT2D eigenvalue weighted by Gasteiger charge is 2.21. The Balaban J connectivity index is 1.78. The first-order chi connectivity index (χ1) is 13.8. The number of benzene rings is 3. The van der Waals surface area contributed by atoms with Gasteiger partial charge in [0.15, 0.2) is 0 Å². The summed E-state index contributed by atoms with van der Waals surface area (Å²) in [6, 6.07) is 19.3. The van der Waals surface area contributed by atoms with Crippen molar-refractivity contribution in [3.05, 3.63) is 83.4 Å². The summed E-state index contributed by atoms with van der Waals surface area (Å²) in [7, 11) is -0.775.